The first-order valence-corrected chi connectivity index (χ1v) is 4.54. The van der Waals surface area contributed by atoms with Gasteiger partial charge in [-0.25, -0.2) is 4.98 Å². The number of nitrogens with two attached hydrogens (primary N) is 1. The quantitative estimate of drug-likeness (QED) is 0.752. The molecule has 2 N–H and O–H groups in total. The highest BCUT2D eigenvalue weighted by Gasteiger charge is 2.00. The Hall–Kier alpha value is -1.24. The smallest absolute Gasteiger partial charge is 0.232 e. The lowest BCUT2D eigenvalue weighted by Crippen LogP contribution is -1.95. The third-order valence-electron chi connectivity index (χ3n) is 1.50. The number of hydrogen-bond acceptors (Lipinski definition) is 3. The van der Waals surface area contributed by atoms with Crippen molar-refractivity contribution in [1.29, 1.82) is 0 Å². The molecule has 1 aromatic rings. The molecule has 0 bridgehead atoms. The lowest BCUT2D eigenvalue weighted by atomic mass is 10.3. The Morgan fingerprint density at radius 2 is 2.43 bits per heavy atom. The summed E-state index contributed by atoms with van der Waals surface area (Å²) in [5, 5.41) is 0.465. The molecule has 0 saturated heterocycles. The van der Waals surface area contributed by atoms with E-state index in [2.05, 4.69) is 16.8 Å². The highest BCUT2D eigenvalue weighted by atomic mass is 35.5. The maximum atomic E-state index is 5.86. The van der Waals surface area contributed by atoms with Gasteiger partial charge in [-0.1, -0.05) is 23.4 Å². The van der Waals surface area contributed by atoms with Crippen LogP contribution in [-0.4, -0.2) is 18.6 Å². The predicted molar refractivity (Wildman–Crippen MR) is 56.3 cm³/mol. The summed E-state index contributed by atoms with van der Waals surface area (Å²) in [5.41, 5.74) is 6.07. The van der Waals surface area contributed by atoms with E-state index in [9.17, 15) is 0 Å². The van der Waals surface area contributed by atoms with Crippen molar-refractivity contribution in [3.63, 3.8) is 0 Å². The first-order chi connectivity index (χ1) is 6.77. The highest BCUT2D eigenvalue weighted by molar-refractivity contribution is 6.31. The third kappa shape index (κ3) is 2.91. The number of nitrogens with zero attached hydrogens (tertiary/aromatic N) is 1. The number of methoxy groups -OCH3 is 1. The standard InChI is InChI=1S/C10H11ClN2O/c1-14-10-9(11)6-8(7-13-10)4-2-3-5-12/h6-7H,3,5,12H2,1H3. The van der Waals surface area contributed by atoms with Gasteiger partial charge in [-0.15, -0.1) is 0 Å². The first-order valence-electron chi connectivity index (χ1n) is 4.16. The zero-order valence-corrected chi connectivity index (χ0v) is 8.64. The van der Waals surface area contributed by atoms with Crippen molar-refractivity contribution < 1.29 is 4.74 Å². The average molecular weight is 211 g/mol. The molecule has 0 atom stereocenters. The number of pyridine rings is 1. The molecule has 74 valence electrons. The maximum Gasteiger partial charge on any atom is 0.232 e. The molecule has 0 saturated carbocycles. The van der Waals surface area contributed by atoms with Crippen LogP contribution in [0.1, 0.15) is 12.0 Å². The van der Waals surface area contributed by atoms with Crippen LogP contribution in [0.2, 0.25) is 5.02 Å². The average Bonchev–Trinajstić information content (AvgIpc) is 2.18. The molecule has 1 heterocycles. The van der Waals surface area contributed by atoms with E-state index >= 15 is 0 Å². The fourth-order valence-corrected chi connectivity index (χ4v) is 1.12. The molecular weight excluding hydrogens is 200 g/mol. The normalized spacial score (nSPS) is 9.07. The largest absolute Gasteiger partial charge is 0.480 e. The molecule has 14 heavy (non-hydrogen) atoms. The Labute approximate surface area is 88.2 Å². The van der Waals surface area contributed by atoms with E-state index in [1.807, 2.05) is 0 Å². The van der Waals surface area contributed by atoms with Crippen LogP contribution in [0.3, 0.4) is 0 Å². The number of ether oxygens (including phenoxy) is 1. The van der Waals surface area contributed by atoms with Gasteiger partial charge in [0.1, 0.15) is 5.02 Å². The molecule has 4 heteroatoms. The molecule has 0 aromatic carbocycles. The van der Waals surface area contributed by atoms with Gasteiger partial charge < -0.3 is 10.5 Å². The lowest BCUT2D eigenvalue weighted by molar-refractivity contribution is 0.398. The van der Waals surface area contributed by atoms with E-state index in [0.29, 0.717) is 23.9 Å². The molecule has 0 aliphatic rings. The Morgan fingerprint density at radius 1 is 1.64 bits per heavy atom. The van der Waals surface area contributed by atoms with Gasteiger partial charge in [-0.2, -0.15) is 0 Å². The second-order valence-corrected chi connectivity index (χ2v) is 2.96. The van der Waals surface area contributed by atoms with Crippen molar-refractivity contribution in [3.8, 4) is 17.7 Å². The Bertz CT molecular complexity index is 368. The van der Waals surface area contributed by atoms with Crippen LogP contribution in [-0.2, 0) is 0 Å². The summed E-state index contributed by atoms with van der Waals surface area (Å²) in [7, 11) is 1.52. The molecule has 0 fully saturated rings. The highest BCUT2D eigenvalue weighted by Crippen LogP contribution is 2.21. The summed E-state index contributed by atoms with van der Waals surface area (Å²) >= 11 is 5.86. The van der Waals surface area contributed by atoms with Gasteiger partial charge in [-0.05, 0) is 6.07 Å². The van der Waals surface area contributed by atoms with Crippen LogP contribution in [0.4, 0.5) is 0 Å². The number of rotatable bonds is 2. The second kappa shape index (κ2) is 5.48. The molecule has 1 rings (SSSR count). The summed E-state index contributed by atoms with van der Waals surface area (Å²) in [6.07, 6.45) is 2.29. The minimum Gasteiger partial charge on any atom is -0.480 e. The van der Waals surface area contributed by atoms with Gasteiger partial charge in [0, 0.05) is 24.7 Å². The molecule has 0 spiro atoms. The van der Waals surface area contributed by atoms with E-state index in [1.54, 1.807) is 12.3 Å². The third-order valence-corrected chi connectivity index (χ3v) is 1.77. The monoisotopic (exact) mass is 210 g/mol. The van der Waals surface area contributed by atoms with Crippen molar-refractivity contribution in [2.24, 2.45) is 5.73 Å². The van der Waals surface area contributed by atoms with Gasteiger partial charge in [0.15, 0.2) is 0 Å². The topological polar surface area (TPSA) is 48.1 Å². The zero-order valence-electron chi connectivity index (χ0n) is 7.88. The summed E-state index contributed by atoms with van der Waals surface area (Å²) in [4.78, 5) is 3.99. The van der Waals surface area contributed by atoms with Crippen molar-refractivity contribution >= 4 is 11.6 Å². The summed E-state index contributed by atoms with van der Waals surface area (Å²) in [6.45, 7) is 0.560. The number of hydrogen-bond donors (Lipinski definition) is 1. The molecule has 0 aliphatic carbocycles. The van der Waals surface area contributed by atoms with E-state index in [-0.39, 0.29) is 0 Å². The molecule has 0 radical (unpaired) electrons. The van der Waals surface area contributed by atoms with Crippen molar-refractivity contribution in [3.05, 3.63) is 22.8 Å². The van der Waals surface area contributed by atoms with E-state index in [0.717, 1.165) is 5.56 Å². The predicted octanol–water partition coefficient (Wildman–Crippen LogP) is 1.44. The molecule has 0 amide bonds. The molecule has 0 unspecified atom stereocenters. The Morgan fingerprint density at radius 3 is 3.00 bits per heavy atom. The van der Waals surface area contributed by atoms with Crippen LogP contribution in [0.15, 0.2) is 12.3 Å². The molecular formula is C10H11ClN2O. The van der Waals surface area contributed by atoms with Gasteiger partial charge in [0.05, 0.1) is 7.11 Å². The number of aromatic nitrogens is 1. The van der Waals surface area contributed by atoms with E-state index < -0.39 is 0 Å². The summed E-state index contributed by atoms with van der Waals surface area (Å²) in [5.74, 6) is 6.22. The lowest BCUT2D eigenvalue weighted by Gasteiger charge is -2.00. The summed E-state index contributed by atoms with van der Waals surface area (Å²) < 4.78 is 4.91. The number of halogens is 1. The van der Waals surface area contributed by atoms with Crippen molar-refractivity contribution in [2.75, 3.05) is 13.7 Å². The van der Waals surface area contributed by atoms with Gasteiger partial charge in [-0.3, -0.25) is 0 Å². The zero-order chi connectivity index (χ0) is 10.4. The van der Waals surface area contributed by atoms with Crippen LogP contribution < -0.4 is 10.5 Å². The minimum absolute atomic E-state index is 0.413. The SMILES string of the molecule is COc1ncc(C#CCCN)cc1Cl. The fourth-order valence-electron chi connectivity index (χ4n) is 0.881. The van der Waals surface area contributed by atoms with Crippen molar-refractivity contribution in [1.82, 2.24) is 4.98 Å². The Kier molecular flexibility index (Phi) is 4.24. The first kappa shape index (κ1) is 10.8. The van der Waals surface area contributed by atoms with Crippen LogP contribution >= 0.6 is 11.6 Å². The molecule has 1 aromatic heterocycles. The second-order valence-electron chi connectivity index (χ2n) is 2.56. The molecule has 0 aliphatic heterocycles. The van der Waals surface area contributed by atoms with Crippen LogP contribution in [0.5, 0.6) is 5.88 Å². The van der Waals surface area contributed by atoms with E-state index in [4.69, 9.17) is 22.1 Å². The van der Waals surface area contributed by atoms with Crippen LogP contribution in [0, 0.1) is 11.8 Å². The minimum atomic E-state index is 0.413. The fraction of sp³-hybridized carbons (Fsp3) is 0.300. The van der Waals surface area contributed by atoms with Gasteiger partial charge in [0.2, 0.25) is 5.88 Å². The van der Waals surface area contributed by atoms with Gasteiger partial charge in [0.25, 0.3) is 0 Å². The van der Waals surface area contributed by atoms with Crippen molar-refractivity contribution in [2.45, 2.75) is 6.42 Å². The maximum absolute atomic E-state index is 5.86. The summed E-state index contributed by atoms with van der Waals surface area (Å²) in [6, 6.07) is 1.72. The van der Waals surface area contributed by atoms with Crippen LogP contribution in [0.25, 0.3) is 0 Å². The Balaban J connectivity index is 2.82. The van der Waals surface area contributed by atoms with E-state index in [1.165, 1.54) is 7.11 Å². The molecule has 3 nitrogen and oxygen atoms in total. The van der Waals surface area contributed by atoms with Gasteiger partial charge >= 0.3 is 0 Å².